The van der Waals surface area contributed by atoms with E-state index in [1.165, 1.54) is 32.4 Å². The summed E-state index contributed by atoms with van der Waals surface area (Å²) in [5.74, 6) is -0.179. The van der Waals surface area contributed by atoms with E-state index in [1.807, 2.05) is 0 Å². The van der Waals surface area contributed by atoms with Crippen molar-refractivity contribution in [2.75, 3.05) is 37.6 Å². The Labute approximate surface area is 144 Å². The van der Waals surface area contributed by atoms with E-state index in [2.05, 4.69) is 5.32 Å². The van der Waals surface area contributed by atoms with Gasteiger partial charge in [-0.15, -0.1) is 0 Å². The Balaban J connectivity index is 1.97. The lowest BCUT2D eigenvalue weighted by atomic mass is 10.2. The van der Waals surface area contributed by atoms with E-state index in [4.69, 9.17) is 25.7 Å². The van der Waals surface area contributed by atoms with E-state index in [9.17, 15) is 9.59 Å². The highest BCUT2D eigenvalue weighted by Gasteiger charge is 2.12. The molecule has 0 aliphatic carbocycles. The molecule has 2 aromatic carbocycles. The number of benzene rings is 2. The molecule has 0 saturated heterocycles. The van der Waals surface area contributed by atoms with Crippen molar-refractivity contribution in [2.45, 2.75) is 0 Å². The van der Waals surface area contributed by atoms with Crippen molar-refractivity contribution in [1.29, 1.82) is 0 Å². The van der Waals surface area contributed by atoms with Crippen LogP contribution in [0.1, 0.15) is 10.4 Å². The average molecular weight is 345 g/mol. The number of methoxy groups -OCH3 is 2. The van der Waals surface area contributed by atoms with Gasteiger partial charge in [-0.2, -0.15) is 0 Å². The summed E-state index contributed by atoms with van der Waals surface area (Å²) in [4.78, 5) is 23.9. The number of nitrogens with two attached hydrogens (primary N) is 2. The van der Waals surface area contributed by atoms with Crippen LogP contribution in [0.15, 0.2) is 36.4 Å². The molecule has 0 radical (unpaired) electrons. The molecule has 0 spiro atoms. The molecule has 0 aliphatic heterocycles. The molecule has 0 aromatic heterocycles. The number of carbonyl (C=O) groups excluding carboxylic acids is 2. The van der Waals surface area contributed by atoms with Crippen molar-refractivity contribution < 1.29 is 23.8 Å². The molecule has 0 heterocycles. The zero-order valence-electron chi connectivity index (χ0n) is 13.9. The molecule has 1 amide bonds. The van der Waals surface area contributed by atoms with Crippen LogP contribution in [-0.2, 0) is 9.53 Å². The molecule has 0 saturated carbocycles. The Hall–Kier alpha value is -3.42. The fraction of sp³-hybridized carbons (Fsp3) is 0.176. The van der Waals surface area contributed by atoms with Crippen LogP contribution in [0.2, 0.25) is 0 Å². The predicted octanol–water partition coefficient (Wildman–Crippen LogP) is 1.66. The van der Waals surface area contributed by atoms with Crippen LogP contribution in [-0.4, -0.2) is 32.7 Å². The largest absolute Gasteiger partial charge is 0.497 e. The third kappa shape index (κ3) is 5.03. The van der Waals surface area contributed by atoms with Gasteiger partial charge in [0.15, 0.2) is 6.61 Å². The van der Waals surface area contributed by atoms with Gasteiger partial charge in [-0.05, 0) is 18.2 Å². The topological polar surface area (TPSA) is 126 Å². The van der Waals surface area contributed by atoms with E-state index in [0.717, 1.165) is 0 Å². The van der Waals surface area contributed by atoms with Gasteiger partial charge in [-0.25, -0.2) is 4.79 Å². The predicted molar refractivity (Wildman–Crippen MR) is 93.7 cm³/mol. The first-order chi connectivity index (χ1) is 11.9. The summed E-state index contributed by atoms with van der Waals surface area (Å²) in [5.41, 5.74) is 12.5. The summed E-state index contributed by atoms with van der Waals surface area (Å²) in [7, 11) is 3.00. The first-order valence-corrected chi connectivity index (χ1v) is 7.27. The first kappa shape index (κ1) is 17.9. The minimum Gasteiger partial charge on any atom is -0.497 e. The fourth-order valence-corrected chi connectivity index (χ4v) is 2.09. The molecule has 0 bridgehead atoms. The average Bonchev–Trinajstić information content (AvgIpc) is 2.58. The first-order valence-electron chi connectivity index (χ1n) is 7.27. The quantitative estimate of drug-likeness (QED) is 0.537. The van der Waals surface area contributed by atoms with Gasteiger partial charge in [0.1, 0.15) is 11.5 Å². The second-order valence-corrected chi connectivity index (χ2v) is 5.11. The monoisotopic (exact) mass is 345 g/mol. The molecule has 5 N–H and O–H groups in total. The molecule has 0 atom stereocenters. The number of nitrogens with one attached hydrogen (secondary N) is 1. The highest BCUT2D eigenvalue weighted by atomic mass is 16.5. The van der Waals surface area contributed by atoms with E-state index < -0.39 is 18.5 Å². The molecule has 8 nitrogen and oxygen atoms in total. The maximum absolute atomic E-state index is 12.0. The molecule has 2 aromatic rings. The second kappa shape index (κ2) is 7.91. The van der Waals surface area contributed by atoms with Crippen LogP contribution in [0.4, 0.5) is 17.1 Å². The van der Waals surface area contributed by atoms with E-state index in [1.54, 1.807) is 18.2 Å². The van der Waals surface area contributed by atoms with Gasteiger partial charge in [0.2, 0.25) is 0 Å². The number of carbonyl (C=O) groups is 2. The number of hydrogen-bond donors (Lipinski definition) is 3. The van der Waals surface area contributed by atoms with Gasteiger partial charge in [0, 0.05) is 35.3 Å². The number of ether oxygens (including phenoxy) is 3. The zero-order chi connectivity index (χ0) is 18.4. The van der Waals surface area contributed by atoms with E-state index >= 15 is 0 Å². The van der Waals surface area contributed by atoms with Crippen molar-refractivity contribution in [1.82, 2.24) is 0 Å². The highest BCUT2D eigenvalue weighted by Crippen LogP contribution is 2.25. The summed E-state index contributed by atoms with van der Waals surface area (Å²) in [6.07, 6.45) is 0. The van der Waals surface area contributed by atoms with Gasteiger partial charge in [0.05, 0.1) is 19.8 Å². The molecular formula is C17H19N3O5. The number of rotatable bonds is 6. The molecule has 8 heteroatoms. The Bertz CT molecular complexity index is 749. The lowest BCUT2D eigenvalue weighted by molar-refractivity contribution is -0.119. The van der Waals surface area contributed by atoms with Crippen LogP contribution in [0.3, 0.4) is 0 Å². The molecule has 0 fully saturated rings. The minimum absolute atomic E-state index is 0.174. The lowest BCUT2D eigenvalue weighted by Gasteiger charge is -2.10. The van der Waals surface area contributed by atoms with Crippen LogP contribution in [0.5, 0.6) is 11.5 Å². The Kier molecular flexibility index (Phi) is 5.67. The van der Waals surface area contributed by atoms with Gasteiger partial charge in [-0.1, -0.05) is 0 Å². The van der Waals surface area contributed by atoms with Crippen molar-refractivity contribution >= 4 is 28.9 Å². The smallest absolute Gasteiger partial charge is 0.338 e. The number of esters is 1. The van der Waals surface area contributed by atoms with Crippen molar-refractivity contribution in [2.24, 2.45) is 0 Å². The summed E-state index contributed by atoms with van der Waals surface area (Å²) in [5, 5.41) is 2.60. The molecule has 0 aliphatic rings. The van der Waals surface area contributed by atoms with Crippen LogP contribution >= 0.6 is 0 Å². The second-order valence-electron chi connectivity index (χ2n) is 5.11. The number of anilines is 3. The van der Waals surface area contributed by atoms with E-state index in [-0.39, 0.29) is 5.56 Å². The maximum atomic E-state index is 12.0. The van der Waals surface area contributed by atoms with Gasteiger partial charge < -0.3 is 31.0 Å². The normalized spacial score (nSPS) is 10.0. The van der Waals surface area contributed by atoms with Crippen molar-refractivity contribution in [3.8, 4) is 11.5 Å². The van der Waals surface area contributed by atoms with Crippen molar-refractivity contribution in [3.63, 3.8) is 0 Å². The molecule has 0 unspecified atom stereocenters. The van der Waals surface area contributed by atoms with Crippen LogP contribution < -0.4 is 26.3 Å². The zero-order valence-corrected chi connectivity index (χ0v) is 13.9. The van der Waals surface area contributed by atoms with Gasteiger partial charge >= 0.3 is 5.97 Å². The SMILES string of the molecule is COc1cc(NC(=O)COC(=O)c2cc(N)cc(N)c2)cc(OC)c1. The third-order valence-electron chi connectivity index (χ3n) is 3.18. The van der Waals surface area contributed by atoms with Crippen molar-refractivity contribution in [3.05, 3.63) is 42.0 Å². The number of hydrogen-bond acceptors (Lipinski definition) is 7. The number of amides is 1. The standard InChI is InChI=1S/C17H19N3O5/c1-23-14-6-13(7-15(8-14)24-2)20-16(21)9-25-17(22)10-3-11(18)5-12(19)4-10/h3-8H,9,18-19H2,1-2H3,(H,20,21). The molecule has 2 rings (SSSR count). The van der Waals surface area contributed by atoms with Crippen LogP contribution in [0, 0.1) is 0 Å². The molecule has 132 valence electrons. The third-order valence-corrected chi connectivity index (χ3v) is 3.18. The van der Waals surface area contributed by atoms with Crippen LogP contribution in [0.25, 0.3) is 0 Å². The van der Waals surface area contributed by atoms with E-state index in [0.29, 0.717) is 28.6 Å². The number of nitrogen functional groups attached to an aromatic ring is 2. The summed E-state index contributed by atoms with van der Waals surface area (Å²) in [6, 6.07) is 9.24. The minimum atomic E-state index is -0.697. The lowest BCUT2D eigenvalue weighted by Crippen LogP contribution is -2.21. The Morgan fingerprint density at radius 1 is 0.920 bits per heavy atom. The van der Waals surface area contributed by atoms with Gasteiger partial charge in [-0.3, -0.25) is 4.79 Å². The Morgan fingerprint density at radius 3 is 2.00 bits per heavy atom. The maximum Gasteiger partial charge on any atom is 0.338 e. The molecule has 25 heavy (non-hydrogen) atoms. The summed E-state index contributed by atoms with van der Waals surface area (Å²) >= 11 is 0. The summed E-state index contributed by atoms with van der Waals surface area (Å²) < 4.78 is 15.2. The van der Waals surface area contributed by atoms with Gasteiger partial charge in [0.25, 0.3) is 5.91 Å². The fourth-order valence-electron chi connectivity index (χ4n) is 2.09. The Morgan fingerprint density at radius 2 is 1.48 bits per heavy atom. The molecular weight excluding hydrogens is 326 g/mol. The highest BCUT2D eigenvalue weighted by molar-refractivity contribution is 5.96. The summed E-state index contributed by atoms with van der Waals surface area (Å²) in [6.45, 7) is -0.465.